The average molecular weight is 668 g/mol. The fraction of sp³-hybridized carbons (Fsp3) is 0.0588. The number of hydrogen-bond acceptors (Lipinski definition) is 1. The molecule has 8 rings (SSSR count). The maximum Gasteiger partial charge on any atom is 0.0465 e. The first-order valence-corrected chi connectivity index (χ1v) is 18.0. The summed E-state index contributed by atoms with van der Waals surface area (Å²) in [4.78, 5) is 2.38. The van der Waals surface area contributed by atoms with Crippen molar-refractivity contribution < 1.29 is 0 Å². The van der Waals surface area contributed by atoms with Crippen LogP contribution in [0.3, 0.4) is 0 Å². The van der Waals surface area contributed by atoms with E-state index >= 15 is 0 Å². The summed E-state index contributed by atoms with van der Waals surface area (Å²) in [7, 11) is 0. The maximum absolute atomic E-state index is 2.40. The second-order valence-electron chi connectivity index (χ2n) is 13.9. The van der Waals surface area contributed by atoms with Crippen molar-refractivity contribution in [1.29, 1.82) is 0 Å². The van der Waals surface area contributed by atoms with E-state index in [1.807, 2.05) is 12.1 Å². The minimum Gasteiger partial charge on any atom is -0.310 e. The van der Waals surface area contributed by atoms with Gasteiger partial charge in [0, 0.05) is 22.5 Å². The summed E-state index contributed by atoms with van der Waals surface area (Å²) in [6.45, 7) is 4.72. The molecular weight excluding hydrogens is 627 g/mol. The Hall–Kier alpha value is -6.44. The van der Waals surface area contributed by atoms with Gasteiger partial charge in [0.1, 0.15) is 0 Å². The highest BCUT2D eigenvalue weighted by molar-refractivity contribution is 5.87. The molecule has 0 radical (unpaired) electrons. The molecule has 0 N–H and O–H groups in total. The average Bonchev–Trinajstić information content (AvgIpc) is 3.42. The highest BCUT2D eigenvalue weighted by atomic mass is 15.1. The van der Waals surface area contributed by atoms with E-state index in [4.69, 9.17) is 0 Å². The Labute approximate surface area is 308 Å². The van der Waals surface area contributed by atoms with Crippen LogP contribution in [0.1, 0.15) is 58.4 Å². The standard InChI is InChI=1S/C51H41N/c1-51(2)49-36-43(23-22-40-16-10-5-11-17-40)28-34-47(49)48-35-33-46(37-50(48)51)52(44-29-24-41(25-30-44)20-18-38-12-6-3-7-13-38)45-31-26-42(27-32-45)21-19-39-14-8-4-9-15-39/h3-37H,1-2H3/b20-18+,21-19+,23-22+. The Morgan fingerprint density at radius 1 is 0.327 bits per heavy atom. The van der Waals surface area contributed by atoms with Crippen molar-refractivity contribution in [2.24, 2.45) is 0 Å². The maximum atomic E-state index is 2.40. The molecule has 0 aliphatic heterocycles. The van der Waals surface area contributed by atoms with E-state index in [2.05, 4.69) is 219 Å². The van der Waals surface area contributed by atoms with E-state index in [1.54, 1.807) is 0 Å². The predicted molar refractivity (Wildman–Crippen MR) is 225 cm³/mol. The number of rotatable bonds is 9. The van der Waals surface area contributed by atoms with Gasteiger partial charge in [-0.15, -0.1) is 0 Å². The minimum absolute atomic E-state index is 0.152. The number of nitrogens with zero attached hydrogens (tertiary/aromatic N) is 1. The Bertz CT molecular complexity index is 2290. The van der Waals surface area contributed by atoms with Gasteiger partial charge in [0.2, 0.25) is 0 Å². The first kappa shape index (κ1) is 32.7. The summed E-state index contributed by atoms with van der Waals surface area (Å²) < 4.78 is 0. The number of fused-ring (bicyclic) bond motifs is 3. The summed E-state index contributed by atoms with van der Waals surface area (Å²) in [5.74, 6) is 0. The normalized spacial score (nSPS) is 13.1. The predicted octanol–water partition coefficient (Wildman–Crippen LogP) is 14.0. The van der Waals surface area contributed by atoms with Gasteiger partial charge < -0.3 is 4.90 Å². The molecular formula is C51H41N. The lowest BCUT2D eigenvalue weighted by Crippen LogP contribution is -2.16. The summed E-state index contributed by atoms with van der Waals surface area (Å²) in [6.07, 6.45) is 13.1. The van der Waals surface area contributed by atoms with Crippen molar-refractivity contribution in [3.8, 4) is 11.1 Å². The van der Waals surface area contributed by atoms with E-state index in [0.717, 1.165) is 28.2 Å². The first-order chi connectivity index (χ1) is 25.5. The molecule has 0 bridgehead atoms. The fourth-order valence-electron chi connectivity index (χ4n) is 7.17. The topological polar surface area (TPSA) is 3.24 Å². The van der Waals surface area contributed by atoms with Gasteiger partial charge in [-0.2, -0.15) is 0 Å². The third-order valence-corrected chi connectivity index (χ3v) is 10.0. The minimum atomic E-state index is -0.152. The molecule has 0 unspecified atom stereocenters. The zero-order valence-corrected chi connectivity index (χ0v) is 29.7. The van der Waals surface area contributed by atoms with Crippen LogP contribution in [0.15, 0.2) is 176 Å². The monoisotopic (exact) mass is 667 g/mol. The van der Waals surface area contributed by atoms with Gasteiger partial charge in [-0.3, -0.25) is 0 Å². The van der Waals surface area contributed by atoms with Crippen LogP contribution >= 0.6 is 0 Å². The summed E-state index contributed by atoms with van der Waals surface area (Å²) >= 11 is 0. The molecule has 0 spiro atoms. The molecule has 0 heterocycles. The summed E-state index contributed by atoms with van der Waals surface area (Å²) in [6, 6.07) is 63.0. The highest BCUT2D eigenvalue weighted by Crippen LogP contribution is 2.51. The Kier molecular flexibility index (Phi) is 9.08. The fourth-order valence-corrected chi connectivity index (χ4v) is 7.17. The van der Waals surface area contributed by atoms with Crippen LogP contribution in [0.5, 0.6) is 0 Å². The second kappa shape index (κ2) is 14.4. The molecule has 250 valence electrons. The van der Waals surface area contributed by atoms with Gasteiger partial charge in [-0.25, -0.2) is 0 Å². The molecule has 7 aromatic rings. The van der Waals surface area contributed by atoms with Crippen molar-refractivity contribution in [3.05, 3.63) is 220 Å². The largest absolute Gasteiger partial charge is 0.310 e. The van der Waals surface area contributed by atoms with Crippen LogP contribution in [0, 0.1) is 0 Å². The second-order valence-corrected chi connectivity index (χ2v) is 13.9. The van der Waals surface area contributed by atoms with Gasteiger partial charge in [0.05, 0.1) is 0 Å². The molecule has 0 saturated carbocycles. The van der Waals surface area contributed by atoms with Crippen LogP contribution in [-0.2, 0) is 5.41 Å². The number of hydrogen-bond donors (Lipinski definition) is 0. The van der Waals surface area contributed by atoms with Gasteiger partial charge in [0.15, 0.2) is 0 Å². The van der Waals surface area contributed by atoms with Crippen LogP contribution < -0.4 is 4.90 Å². The summed E-state index contributed by atoms with van der Waals surface area (Å²) in [5.41, 5.74) is 15.7. The third kappa shape index (κ3) is 6.95. The van der Waals surface area contributed by atoms with E-state index in [9.17, 15) is 0 Å². The molecule has 1 aliphatic carbocycles. The highest BCUT2D eigenvalue weighted by Gasteiger charge is 2.36. The van der Waals surface area contributed by atoms with Gasteiger partial charge in [0.25, 0.3) is 0 Å². The van der Waals surface area contributed by atoms with Crippen molar-refractivity contribution in [1.82, 2.24) is 0 Å². The molecule has 1 aliphatic rings. The molecule has 52 heavy (non-hydrogen) atoms. The molecule has 1 nitrogen and oxygen atoms in total. The van der Waals surface area contributed by atoms with E-state index in [1.165, 1.54) is 44.5 Å². The lowest BCUT2D eigenvalue weighted by molar-refractivity contribution is 0.660. The van der Waals surface area contributed by atoms with E-state index in [-0.39, 0.29) is 5.41 Å². The summed E-state index contributed by atoms with van der Waals surface area (Å²) in [5, 5.41) is 0. The van der Waals surface area contributed by atoms with Crippen LogP contribution in [0.25, 0.3) is 47.6 Å². The van der Waals surface area contributed by atoms with Crippen molar-refractivity contribution in [3.63, 3.8) is 0 Å². The number of anilines is 3. The van der Waals surface area contributed by atoms with Crippen LogP contribution in [-0.4, -0.2) is 0 Å². The molecule has 7 aromatic carbocycles. The van der Waals surface area contributed by atoms with Crippen molar-refractivity contribution >= 4 is 53.5 Å². The van der Waals surface area contributed by atoms with Crippen LogP contribution in [0.2, 0.25) is 0 Å². The van der Waals surface area contributed by atoms with Gasteiger partial charge >= 0.3 is 0 Å². The zero-order valence-electron chi connectivity index (χ0n) is 29.7. The smallest absolute Gasteiger partial charge is 0.0465 e. The molecule has 0 aromatic heterocycles. The van der Waals surface area contributed by atoms with Crippen LogP contribution in [0.4, 0.5) is 17.1 Å². The third-order valence-electron chi connectivity index (χ3n) is 10.0. The van der Waals surface area contributed by atoms with Crippen molar-refractivity contribution in [2.75, 3.05) is 4.90 Å². The lowest BCUT2D eigenvalue weighted by atomic mass is 9.81. The Morgan fingerprint density at radius 2 is 0.654 bits per heavy atom. The molecule has 0 fully saturated rings. The van der Waals surface area contributed by atoms with E-state index in [0.29, 0.717) is 0 Å². The van der Waals surface area contributed by atoms with Crippen molar-refractivity contribution in [2.45, 2.75) is 19.3 Å². The van der Waals surface area contributed by atoms with E-state index < -0.39 is 0 Å². The van der Waals surface area contributed by atoms with Gasteiger partial charge in [-0.05, 0) is 92.0 Å². The molecule has 0 saturated heterocycles. The van der Waals surface area contributed by atoms with Gasteiger partial charge in [-0.1, -0.05) is 190 Å². The molecule has 0 amide bonds. The Balaban J connectivity index is 1.14. The number of benzene rings is 7. The zero-order chi connectivity index (χ0) is 35.3. The molecule has 1 heteroatoms. The lowest BCUT2D eigenvalue weighted by Gasteiger charge is -2.28. The SMILES string of the molecule is CC1(C)c2cc(/C=C/c3ccccc3)ccc2-c2ccc(N(c3ccc(/C=C/c4ccccc4)cc3)c3ccc(/C=C/c4ccccc4)cc3)cc21. The first-order valence-electron chi connectivity index (χ1n) is 18.0. The Morgan fingerprint density at radius 3 is 1.10 bits per heavy atom. The molecule has 0 atom stereocenters. The quantitative estimate of drug-likeness (QED) is 0.139.